The highest BCUT2D eigenvalue weighted by Crippen LogP contribution is 2.16. The predicted molar refractivity (Wildman–Crippen MR) is 67.4 cm³/mol. The largest absolute Gasteiger partial charge is 0.330 e. The van der Waals surface area contributed by atoms with Gasteiger partial charge in [-0.3, -0.25) is 4.90 Å². The van der Waals surface area contributed by atoms with Gasteiger partial charge >= 0.3 is 0 Å². The molecule has 1 atom stereocenters. The Morgan fingerprint density at radius 3 is 3.18 bits per heavy atom. The molecule has 1 aliphatic rings. The van der Waals surface area contributed by atoms with Crippen LogP contribution in [-0.2, 0) is 13.1 Å². The molecular weight excluding hydrogens is 214 g/mol. The standard InChI is InChI=1S/C12H23N5/c1-2-5-17-12(14-10-15-17)9-16-6-3-4-11(7-13)8-16/h10-11H,2-9,13H2,1H3. The summed E-state index contributed by atoms with van der Waals surface area (Å²) in [6.07, 6.45) is 5.29. The van der Waals surface area contributed by atoms with Gasteiger partial charge in [0.2, 0.25) is 0 Å². The number of likely N-dealkylation sites (tertiary alicyclic amines) is 1. The van der Waals surface area contributed by atoms with Crippen molar-refractivity contribution in [2.24, 2.45) is 11.7 Å². The molecule has 0 amide bonds. The Labute approximate surface area is 103 Å². The van der Waals surface area contributed by atoms with Crippen molar-refractivity contribution in [3.05, 3.63) is 12.2 Å². The molecule has 0 radical (unpaired) electrons. The topological polar surface area (TPSA) is 60.0 Å². The Morgan fingerprint density at radius 2 is 2.41 bits per heavy atom. The van der Waals surface area contributed by atoms with Crippen molar-refractivity contribution in [3.63, 3.8) is 0 Å². The molecule has 96 valence electrons. The first-order valence-corrected chi connectivity index (χ1v) is 6.62. The van der Waals surface area contributed by atoms with Gasteiger partial charge in [-0.05, 0) is 38.3 Å². The molecule has 17 heavy (non-hydrogen) atoms. The maximum absolute atomic E-state index is 5.76. The van der Waals surface area contributed by atoms with E-state index in [9.17, 15) is 0 Å². The molecule has 0 spiro atoms. The van der Waals surface area contributed by atoms with Gasteiger partial charge in [0.25, 0.3) is 0 Å². The summed E-state index contributed by atoms with van der Waals surface area (Å²) in [5.41, 5.74) is 5.76. The first kappa shape index (κ1) is 12.5. The van der Waals surface area contributed by atoms with Crippen LogP contribution in [0.15, 0.2) is 6.33 Å². The number of rotatable bonds is 5. The average Bonchev–Trinajstić information content (AvgIpc) is 2.78. The molecule has 0 saturated carbocycles. The summed E-state index contributed by atoms with van der Waals surface area (Å²) >= 11 is 0. The minimum Gasteiger partial charge on any atom is -0.330 e. The highest BCUT2D eigenvalue weighted by molar-refractivity contribution is 4.86. The third-order valence-electron chi connectivity index (χ3n) is 3.43. The second kappa shape index (κ2) is 6.12. The number of hydrogen-bond donors (Lipinski definition) is 1. The van der Waals surface area contributed by atoms with E-state index in [0.29, 0.717) is 5.92 Å². The number of aromatic nitrogens is 3. The zero-order valence-corrected chi connectivity index (χ0v) is 10.7. The molecule has 0 aromatic carbocycles. The third-order valence-corrected chi connectivity index (χ3v) is 3.43. The Hall–Kier alpha value is -0.940. The molecule has 0 aliphatic carbocycles. The second-order valence-electron chi connectivity index (χ2n) is 4.88. The van der Waals surface area contributed by atoms with E-state index in [2.05, 4.69) is 21.9 Å². The fourth-order valence-electron chi connectivity index (χ4n) is 2.50. The Bertz CT molecular complexity index is 335. The first-order chi connectivity index (χ1) is 8.33. The van der Waals surface area contributed by atoms with Crippen LogP contribution in [0.3, 0.4) is 0 Å². The van der Waals surface area contributed by atoms with Gasteiger partial charge < -0.3 is 5.73 Å². The zero-order valence-electron chi connectivity index (χ0n) is 10.7. The Morgan fingerprint density at radius 1 is 1.53 bits per heavy atom. The van der Waals surface area contributed by atoms with Crippen molar-refractivity contribution >= 4 is 0 Å². The van der Waals surface area contributed by atoms with E-state index in [1.54, 1.807) is 6.33 Å². The van der Waals surface area contributed by atoms with Crippen molar-refractivity contribution in [2.75, 3.05) is 19.6 Å². The zero-order chi connectivity index (χ0) is 12.1. The van der Waals surface area contributed by atoms with Crippen molar-refractivity contribution in [3.8, 4) is 0 Å². The summed E-state index contributed by atoms with van der Waals surface area (Å²) in [5, 5.41) is 4.26. The van der Waals surface area contributed by atoms with Crippen LogP contribution in [0.2, 0.25) is 0 Å². The number of hydrogen-bond acceptors (Lipinski definition) is 4. The summed E-state index contributed by atoms with van der Waals surface area (Å²) in [6, 6.07) is 0. The van der Waals surface area contributed by atoms with E-state index >= 15 is 0 Å². The summed E-state index contributed by atoms with van der Waals surface area (Å²) < 4.78 is 2.02. The van der Waals surface area contributed by atoms with Gasteiger partial charge in [-0.2, -0.15) is 5.10 Å². The molecule has 1 saturated heterocycles. The monoisotopic (exact) mass is 237 g/mol. The number of nitrogens with zero attached hydrogens (tertiary/aromatic N) is 4. The quantitative estimate of drug-likeness (QED) is 0.825. The first-order valence-electron chi connectivity index (χ1n) is 6.62. The van der Waals surface area contributed by atoms with Crippen molar-refractivity contribution in [1.82, 2.24) is 19.7 Å². The van der Waals surface area contributed by atoms with Crippen LogP contribution in [0.4, 0.5) is 0 Å². The van der Waals surface area contributed by atoms with Crippen LogP contribution < -0.4 is 5.73 Å². The lowest BCUT2D eigenvalue weighted by atomic mass is 9.98. The normalized spacial score (nSPS) is 21.9. The van der Waals surface area contributed by atoms with E-state index < -0.39 is 0 Å². The van der Waals surface area contributed by atoms with E-state index in [-0.39, 0.29) is 0 Å². The lowest BCUT2D eigenvalue weighted by Gasteiger charge is -2.31. The molecule has 1 aromatic rings. The molecule has 5 nitrogen and oxygen atoms in total. The van der Waals surface area contributed by atoms with Gasteiger partial charge in [-0.25, -0.2) is 9.67 Å². The molecule has 1 aliphatic heterocycles. The van der Waals surface area contributed by atoms with Gasteiger partial charge in [0.1, 0.15) is 12.2 Å². The van der Waals surface area contributed by atoms with Crippen LogP contribution >= 0.6 is 0 Å². The summed E-state index contributed by atoms with van der Waals surface area (Å²) in [7, 11) is 0. The van der Waals surface area contributed by atoms with Crippen LogP contribution in [0.25, 0.3) is 0 Å². The molecular formula is C12H23N5. The van der Waals surface area contributed by atoms with Crippen LogP contribution in [-0.4, -0.2) is 39.3 Å². The van der Waals surface area contributed by atoms with Crippen molar-refractivity contribution in [1.29, 1.82) is 0 Å². The molecule has 2 rings (SSSR count). The second-order valence-corrected chi connectivity index (χ2v) is 4.88. The summed E-state index contributed by atoms with van der Waals surface area (Å²) in [6.45, 7) is 7.11. The fraction of sp³-hybridized carbons (Fsp3) is 0.833. The highest BCUT2D eigenvalue weighted by atomic mass is 15.3. The molecule has 1 fully saturated rings. The number of nitrogens with two attached hydrogens (primary N) is 1. The van der Waals surface area contributed by atoms with Crippen LogP contribution in [0, 0.1) is 5.92 Å². The minimum atomic E-state index is 0.659. The van der Waals surface area contributed by atoms with Gasteiger partial charge in [0, 0.05) is 13.1 Å². The molecule has 2 heterocycles. The van der Waals surface area contributed by atoms with E-state index in [4.69, 9.17) is 5.73 Å². The molecule has 1 aromatic heterocycles. The van der Waals surface area contributed by atoms with E-state index in [1.807, 2.05) is 4.68 Å². The van der Waals surface area contributed by atoms with Gasteiger partial charge in [0.05, 0.1) is 6.54 Å². The van der Waals surface area contributed by atoms with Gasteiger partial charge in [-0.1, -0.05) is 6.92 Å². The summed E-state index contributed by atoms with van der Waals surface area (Å²) in [5.74, 6) is 1.75. The van der Waals surface area contributed by atoms with E-state index in [0.717, 1.165) is 45.0 Å². The fourth-order valence-corrected chi connectivity index (χ4v) is 2.50. The SMILES string of the molecule is CCCn1ncnc1CN1CCCC(CN)C1. The van der Waals surface area contributed by atoms with Crippen molar-refractivity contribution in [2.45, 2.75) is 39.3 Å². The number of aryl methyl sites for hydroxylation is 1. The van der Waals surface area contributed by atoms with Crippen LogP contribution in [0.1, 0.15) is 32.0 Å². The lowest BCUT2D eigenvalue weighted by molar-refractivity contribution is 0.165. The van der Waals surface area contributed by atoms with Crippen LogP contribution in [0.5, 0.6) is 0 Å². The highest BCUT2D eigenvalue weighted by Gasteiger charge is 2.20. The van der Waals surface area contributed by atoms with Crippen molar-refractivity contribution < 1.29 is 0 Å². The molecule has 0 bridgehead atoms. The summed E-state index contributed by atoms with van der Waals surface area (Å²) in [4.78, 5) is 6.81. The van der Waals surface area contributed by atoms with E-state index in [1.165, 1.54) is 12.8 Å². The smallest absolute Gasteiger partial charge is 0.141 e. The molecule has 1 unspecified atom stereocenters. The maximum Gasteiger partial charge on any atom is 0.141 e. The Kier molecular flexibility index (Phi) is 4.50. The molecule has 5 heteroatoms. The average molecular weight is 237 g/mol. The van der Waals surface area contributed by atoms with Gasteiger partial charge in [-0.15, -0.1) is 0 Å². The third kappa shape index (κ3) is 3.26. The maximum atomic E-state index is 5.76. The Balaban J connectivity index is 1.93. The lowest BCUT2D eigenvalue weighted by Crippen LogP contribution is -2.38. The predicted octanol–water partition coefficient (Wildman–Crippen LogP) is 0.859. The number of piperidine rings is 1. The van der Waals surface area contributed by atoms with Gasteiger partial charge in [0.15, 0.2) is 0 Å². The minimum absolute atomic E-state index is 0.659. The molecule has 2 N–H and O–H groups in total.